The third-order valence-corrected chi connectivity index (χ3v) is 3.00. The molecule has 2 atom stereocenters. The van der Waals surface area contributed by atoms with Crippen molar-refractivity contribution in [2.24, 2.45) is 5.92 Å². The Morgan fingerprint density at radius 3 is 3.25 bits per heavy atom. The first-order valence-electron chi connectivity index (χ1n) is 6.11. The SMILES string of the molecule is CC(CNC1CCCOC1)Cn1ccnc1. The largest absolute Gasteiger partial charge is 0.380 e. The molecule has 0 spiro atoms. The molecule has 2 rings (SSSR count). The van der Waals surface area contributed by atoms with E-state index in [1.54, 1.807) is 0 Å². The van der Waals surface area contributed by atoms with E-state index in [4.69, 9.17) is 4.74 Å². The van der Waals surface area contributed by atoms with Gasteiger partial charge in [0.05, 0.1) is 12.9 Å². The van der Waals surface area contributed by atoms with Gasteiger partial charge in [-0.1, -0.05) is 6.92 Å². The molecule has 1 aliphatic heterocycles. The Bertz CT molecular complexity index is 280. The first-order chi connectivity index (χ1) is 7.84. The van der Waals surface area contributed by atoms with Crippen molar-refractivity contribution < 1.29 is 4.74 Å². The van der Waals surface area contributed by atoms with Gasteiger partial charge in [-0.15, -0.1) is 0 Å². The molecule has 4 heteroatoms. The second-order valence-electron chi connectivity index (χ2n) is 4.69. The summed E-state index contributed by atoms with van der Waals surface area (Å²) in [6.07, 6.45) is 8.15. The molecule has 1 aromatic rings. The minimum absolute atomic E-state index is 0.555. The number of nitrogens with one attached hydrogen (secondary N) is 1. The predicted molar refractivity (Wildman–Crippen MR) is 63.2 cm³/mol. The molecule has 0 amide bonds. The van der Waals surface area contributed by atoms with Crippen LogP contribution in [-0.4, -0.2) is 35.4 Å². The highest BCUT2D eigenvalue weighted by Gasteiger charge is 2.14. The Morgan fingerprint density at radius 2 is 2.56 bits per heavy atom. The summed E-state index contributed by atoms with van der Waals surface area (Å²) in [6, 6.07) is 0.555. The fourth-order valence-electron chi connectivity index (χ4n) is 2.09. The van der Waals surface area contributed by atoms with E-state index in [-0.39, 0.29) is 0 Å². The van der Waals surface area contributed by atoms with Crippen LogP contribution in [0.15, 0.2) is 18.7 Å². The lowest BCUT2D eigenvalue weighted by atomic mass is 10.1. The maximum atomic E-state index is 5.44. The molecule has 0 aliphatic carbocycles. The first kappa shape index (κ1) is 11.6. The highest BCUT2D eigenvalue weighted by atomic mass is 16.5. The summed E-state index contributed by atoms with van der Waals surface area (Å²) in [5, 5.41) is 3.58. The van der Waals surface area contributed by atoms with Gasteiger partial charge >= 0.3 is 0 Å². The Morgan fingerprint density at radius 1 is 1.62 bits per heavy atom. The summed E-state index contributed by atoms with van der Waals surface area (Å²) in [5.74, 6) is 0.621. The van der Waals surface area contributed by atoms with Gasteiger partial charge in [-0.25, -0.2) is 4.98 Å². The fourth-order valence-corrected chi connectivity index (χ4v) is 2.09. The van der Waals surface area contributed by atoms with Crippen molar-refractivity contribution in [1.29, 1.82) is 0 Å². The standard InChI is InChI=1S/C12H21N3O/c1-11(8-15-5-4-13-10-15)7-14-12-3-2-6-16-9-12/h4-5,10-12,14H,2-3,6-9H2,1H3. The van der Waals surface area contributed by atoms with Crippen molar-refractivity contribution in [3.05, 3.63) is 18.7 Å². The number of ether oxygens (including phenoxy) is 1. The second-order valence-corrected chi connectivity index (χ2v) is 4.69. The molecule has 1 fully saturated rings. The number of rotatable bonds is 5. The van der Waals surface area contributed by atoms with Crippen LogP contribution in [0, 0.1) is 5.92 Å². The monoisotopic (exact) mass is 223 g/mol. The lowest BCUT2D eigenvalue weighted by Crippen LogP contribution is -2.39. The third-order valence-electron chi connectivity index (χ3n) is 3.00. The predicted octanol–water partition coefficient (Wildman–Crippen LogP) is 1.29. The van der Waals surface area contributed by atoms with Crippen LogP contribution in [-0.2, 0) is 11.3 Å². The quantitative estimate of drug-likeness (QED) is 0.817. The summed E-state index contributed by atoms with van der Waals surface area (Å²) < 4.78 is 7.57. The fraction of sp³-hybridized carbons (Fsp3) is 0.750. The number of imidazole rings is 1. The molecule has 16 heavy (non-hydrogen) atoms. The highest BCUT2D eigenvalue weighted by Crippen LogP contribution is 2.07. The molecule has 4 nitrogen and oxygen atoms in total. The van der Waals surface area contributed by atoms with Crippen LogP contribution in [0.4, 0.5) is 0 Å². The van der Waals surface area contributed by atoms with E-state index in [2.05, 4.69) is 21.8 Å². The highest BCUT2D eigenvalue weighted by molar-refractivity contribution is 4.76. The molecule has 90 valence electrons. The van der Waals surface area contributed by atoms with Crippen LogP contribution < -0.4 is 5.32 Å². The summed E-state index contributed by atoms with van der Waals surface area (Å²) in [5.41, 5.74) is 0. The van der Waals surface area contributed by atoms with Gasteiger partial charge in [-0.3, -0.25) is 0 Å². The summed E-state index contributed by atoms with van der Waals surface area (Å²) in [4.78, 5) is 4.05. The van der Waals surface area contributed by atoms with Gasteiger partial charge in [0.25, 0.3) is 0 Å². The third kappa shape index (κ3) is 3.61. The first-order valence-corrected chi connectivity index (χ1v) is 6.11. The van der Waals surface area contributed by atoms with Crippen molar-refractivity contribution in [3.8, 4) is 0 Å². The van der Waals surface area contributed by atoms with Crippen LogP contribution in [0.3, 0.4) is 0 Å². The molecule has 1 N–H and O–H groups in total. The zero-order valence-corrected chi connectivity index (χ0v) is 9.93. The molecule has 1 saturated heterocycles. The van der Waals surface area contributed by atoms with Gasteiger partial charge in [0.1, 0.15) is 0 Å². The summed E-state index contributed by atoms with van der Waals surface area (Å²) >= 11 is 0. The van der Waals surface area contributed by atoms with E-state index in [1.165, 1.54) is 12.8 Å². The Kier molecular flexibility index (Phi) is 4.36. The Balaban J connectivity index is 1.65. The smallest absolute Gasteiger partial charge is 0.0946 e. The number of hydrogen-bond acceptors (Lipinski definition) is 3. The van der Waals surface area contributed by atoms with E-state index in [0.29, 0.717) is 12.0 Å². The second kappa shape index (κ2) is 6.01. The maximum Gasteiger partial charge on any atom is 0.0946 e. The van der Waals surface area contributed by atoms with E-state index in [0.717, 1.165) is 26.3 Å². The van der Waals surface area contributed by atoms with Gasteiger partial charge < -0.3 is 14.6 Å². The van der Waals surface area contributed by atoms with Gasteiger partial charge in [-0.05, 0) is 25.3 Å². The van der Waals surface area contributed by atoms with Crippen LogP contribution in [0.2, 0.25) is 0 Å². The van der Waals surface area contributed by atoms with Crippen molar-refractivity contribution in [3.63, 3.8) is 0 Å². The van der Waals surface area contributed by atoms with Gasteiger partial charge in [0, 0.05) is 31.6 Å². The van der Waals surface area contributed by atoms with Crippen molar-refractivity contribution >= 4 is 0 Å². The van der Waals surface area contributed by atoms with Crippen molar-refractivity contribution in [2.45, 2.75) is 32.4 Å². The molecule has 0 saturated carbocycles. The minimum Gasteiger partial charge on any atom is -0.380 e. The zero-order valence-electron chi connectivity index (χ0n) is 9.93. The maximum absolute atomic E-state index is 5.44. The van der Waals surface area contributed by atoms with E-state index >= 15 is 0 Å². The van der Waals surface area contributed by atoms with Gasteiger partial charge in [0.15, 0.2) is 0 Å². The minimum atomic E-state index is 0.555. The van der Waals surface area contributed by atoms with Crippen molar-refractivity contribution in [2.75, 3.05) is 19.8 Å². The zero-order chi connectivity index (χ0) is 11.2. The van der Waals surface area contributed by atoms with Crippen LogP contribution in [0.5, 0.6) is 0 Å². The van der Waals surface area contributed by atoms with E-state index < -0.39 is 0 Å². The Labute approximate surface area is 97.0 Å². The molecule has 0 aromatic carbocycles. The van der Waals surface area contributed by atoms with Crippen molar-refractivity contribution in [1.82, 2.24) is 14.9 Å². The molecule has 0 radical (unpaired) electrons. The topological polar surface area (TPSA) is 39.1 Å². The molecule has 2 unspecified atom stereocenters. The van der Waals surface area contributed by atoms with E-state index in [1.807, 2.05) is 18.7 Å². The number of hydrogen-bond donors (Lipinski definition) is 1. The molecule has 1 aliphatic rings. The average Bonchev–Trinajstić information content (AvgIpc) is 2.81. The Hall–Kier alpha value is -0.870. The normalized spacial score (nSPS) is 23.2. The molecule has 1 aromatic heterocycles. The van der Waals surface area contributed by atoms with Crippen LogP contribution in [0.1, 0.15) is 19.8 Å². The average molecular weight is 223 g/mol. The molecular weight excluding hydrogens is 202 g/mol. The summed E-state index contributed by atoms with van der Waals surface area (Å²) in [7, 11) is 0. The van der Waals surface area contributed by atoms with Crippen LogP contribution >= 0.6 is 0 Å². The lowest BCUT2D eigenvalue weighted by molar-refractivity contribution is 0.0691. The van der Waals surface area contributed by atoms with Gasteiger partial charge in [0.2, 0.25) is 0 Å². The molecule has 0 bridgehead atoms. The number of nitrogens with zero attached hydrogens (tertiary/aromatic N) is 2. The molecule has 2 heterocycles. The lowest BCUT2D eigenvalue weighted by Gasteiger charge is -2.25. The van der Waals surface area contributed by atoms with E-state index in [9.17, 15) is 0 Å². The summed E-state index contributed by atoms with van der Waals surface area (Å²) in [6.45, 7) is 6.14. The molecular formula is C12H21N3O. The number of aromatic nitrogens is 2. The van der Waals surface area contributed by atoms with Gasteiger partial charge in [-0.2, -0.15) is 0 Å². The van der Waals surface area contributed by atoms with Crippen LogP contribution in [0.25, 0.3) is 0 Å².